The largest absolute Gasteiger partial charge is 0.355 e. The number of amides is 1. The number of hydrogen-bond acceptors (Lipinski definition) is 7. The van der Waals surface area contributed by atoms with E-state index < -0.39 is 0 Å². The quantitative estimate of drug-likeness (QED) is 0.645. The Balaban J connectivity index is 1.28. The molecule has 1 amide bonds. The van der Waals surface area contributed by atoms with Crippen LogP contribution in [0.2, 0.25) is 0 Å². The number of hydrogen-bond donors (Lipinski definition) is 1. The average Bonchev–Trinajstić information content (AvgIpc) is 3.28. The van der Waals surface area contributed by atoms with Gasteiger partial charge in [-0.2, -0.15) is 10.2 Å². The standard InChI is InChI=1S/C15H17N9O/c25-15(17-3-5-23-11-16-9-21-23)12-7-22(8-12)13-6-14(19-10-18-13)24-4-1-2-20-24/h1-2,4,6,9-12H,3,5,7-8H2,(H,17,25). The molecule has 0 saturated carbocycles. The van der Waals surface area contributed by atoms with Crippen molar-refractivity contribution in [3.8, 4) is 5.82 Å². The molecule has 4 heterocycles. The summed E-state index contributed by atoms with van der Waals surface area (Å²) in [5.74, 6) is 1.53. The first-order valence-corrected chi connectivity index (χ1v) is 7.97. The van der Waals surface area contributed by atoms with Crippen molar-refractivity contribution >= 4 is 11.7 Å². The van der Waals surface area contributed by atoms with Crippen LogP contribution in [0.25, 0.3) is 5.82 Å². The van der Waals surface area contributed by atoms with Crippen LogP contribution in [-0.4, -0.2) is 60.1 Å². The number of aromatic nitrogens is 7. The summed E-state index contributed by atoms with van der Waals surface area (Å²) in [5, 5.41) is 11.1. The first kappa shape index (κ1) is 15.2. The molecular weight excluding hydrogens is 322 g/mol. The zero-order chi connectivity index (χ0) is 17.1. The van der Waals surface area contributed by atoms with Crippen LogP contribution in [0, 0.1) is 5.92 Å². The van der Waals surface area contributed by atoms with Gasteiger partial charge >= 0.3 is 0 Å². The Bertz CT molecular complexity index is 825. The summed E-state index contributed by atoms with van der Waals surface area (Å²) in [6, 6.07) is 3.71. The van der Waals surface area contributed by atoms with Gasteiger partial charge in [-0.1, -0.05) is 0 Å². The highest BCUT2D eigenvalue weighted by Crippen LogP contribution is 2.23. The molecule has 0 aliphatic carbocycles. The topological polar surface area (TPSA) is 107 Å². The molecule has 1 saturated heterocycles. The molecule has 1 aliphatic heterocycles. The summed E-state index contributed by atoms with van der Waals surface area (Å²) >= 11 is 0. The predicted octanol–water partition coefficient (Wildman–Crippen LogP) is -0.494. The van der Waals surface area contributed by atoms with Crippen LogP contribution in [0.4, 0.5) is 5.82 Å². The van der Waals surface area contributed by atoms with Crippen molar-refractivity contribution in [3.05, 3.63) is 43.5 Å². The van der Waals surface area contributed by atoms with Crippen molar-refractivity contribution in [2.75, 3.05) is 24.5 Å². The molecule has 0 unspecified atom stereocenters. The van der Waals surface area contributed by atoms with Gasteiger partial charge in [-0.05, 0) is 6.07 Å². The third kappa shape index (κ3) is 3.32. The fourth-order valence-electron chi connectivity index (χ4n) is 2.66. The Hall–Kier alpha value is -3.30. The van der Waals surface area contributed by atoms with Crippen LogP contribution in [0.15, 0.2) is 43.5 Å². The zero-order valence-corrected chi connectivity index (χ0v) is 13.4. The van der Waals surface area contributed by atoms with Crippen molar-refractivity contribution in [2.24, 2.45) is 5.92 Å². The minimum absolute atomic E-state index is 0.0288. The second-order valence-corrected chi connectivity index (χ2v) is 5.74. The SMILES string of the molecule is O=C(NCCn1cncn1)C1CN(c2cc(-n3cccn3)ncn2)C1. The molecule has 3 aromatic rings. The highest BCUT2D eigenvalue weighted by atomic mass is 16.2. The maximum Gasteiger partial charge on any atom is 0.226 e. The maximum atomic E-state index is 12.2. The first-order chi connectivity index (χ1) is 12.3. The van der Waals surface area contributed by atoms with Crippen molar-refractivity contribution in [2.45, 2.75) is 6.54 Å². The van der Waals surface area contributed by atoms with Crippen molar-refractivity contribution in [1.29, 1.82) is 0 Å². The molecule has 0 spiro atoms. The fourth-order valence-corrected chi connectivity index (χ4v) is 2.66. The molecule has 10 heteroatoms. The highest BCUT2D eigenvalue weighted by molar-refractivity contribution is 5.81. The van der Waals surface area contributed by atoms with E-state index in [1.54, 1.807) is 21.9 Å². The third-order valence-corrected chi connectivity index (χ3v) is 4.06. The van der Waals surface area contributed by atoms with Crippen LogP contribution < -0.4 is 10.2 Å². The molecule has 128 valence electrons. The van der Waals surface area contributed by atoms with Gasteiger partial charge in [0, 0.05) is 38.1 Å². The van der Waals surface area contributed by atoms with Crippen LogP contribution in [0.3, 0.4) is 0 Å². The molecule has 4 rings (SSSR count). The number of rotatable bonds is 6. The van der Waals surface area contributed by atoms with E-state index in [9.17, 15) is 4.79 Å². The molecule has 0 atom stereocenters. The number of anilines is 1. The number of nitrogens with zero attached hydrogens (tertiary/aromatic N) is 8. The molecule has 1 N–H and O–H groups in total. The van der Waals surface area contributed by atoms with Gasteiger partial charge in [-0.15, -0.1) is 0 Å². The Morgan fingerprint density at radius 2 is 2.08 bits per heavy atom. The smallest absolute Gasteiger partial charge is 0.226 e. The minimum Gasteiger partial charge on any atom is -0.355 e. The van der Waals surface area contributed by atoms with Gasteiger partial charge in [0.05, 0.1) is 12.5 Å². The van der Waals surface area contributed by atoms with E-state index in [1.165, 1.54) is 12.7 Å². The predicted molar refractivity (Wildman–Crippen MR) is 87.9 cm³/mol. The van der Waals surface area contributed by atoms with Gasteiger partial charge in [-0.25, -0.2) is 19.6 Å². The van der Waals surface area contributed by atoms with E-state index in [1.807, 2.05) is 18.3 Å². The lowest BCUT2D eigenvalue weighted by molar-refractivity contribution is -0.125. The molecular formula is C15H17N9O. The van der Waals surface area contributed by atoms with E-state index in [2.05, 4.69) is 35.4 Å². The van der Waals surface area contributed by atoms with E-state index in [0.717, 1.165) is 5.82 Å². The number of nitrogens with one attached hydrogen (secondary N) is 1. The minimum atomic E-state index is -0.0288. The molecule has 0 radical (unpaired) electrons. The Kier molecular flexibility index (Phi) is 4.07. The Morgan fingerprint density at radius 1 is 1.20 bits per heavy atom. The summed E-state index contributed by atoms with van der Waals surface area (Å²) in [5.41, 5.74) is 0. The monoisotopic (exact) mass is 339 g/mol. The molecule has 1 aliphatic rings. The summed E-state index contributed by atoms with van der Waals surface area (Å²) in [6.45, 7) is 2.44. The summed E-state index contributed by atoms with van der Waals surface area (Å²) in [6.07, 6.45) is 8.14. The van der Waals surface area contributed by atoms with Crippen LogP contribution in [-0.2, 0) is 11.3 Å². The molecule has 3 aromatic heterocycles. The molecule has 1 fully saturated rings. The van der Waals surface area contributed by atoms with Gasteiger partial charge in [0.2, 0.25) is 5.91 Å². The van der Waals surface area contributed by atoms with E-state index in [4.69, 9.17) is 0 Å². The lowest BCUT2D eigenvalue weighted by Crippen LogP contribution is -2.54. The zero-order valence-electron chi connectivity index (χ0n) is 13.4. The number of carbonyl (C=O) groups is 1. The number of carbonyl (C=O) groups excluding carboxylic acids is 1. The molecule has 0 aromatic carbocycles. The van der Waals surface area contributed by atoms with Crippen molar-refractivity contribution in [3.63, 3.8) is 0 Å². The van der Waals surface area contributed by atoms with Gasteiger partial charge in [0.15, 0.2) is 5.82 Å². The summed E-state index contributed by atoms with van der Waals surface area (Å²) < 4.78 is 3.37. The van der Waals surface area contributed by atoms with Crippen molar-refractivity contribution < 1.29 is 4.79 Å². The third-order valence-electron chi connectivity index (χ3n) is 4.06. The Morgan fingerprint density at radius 3 is 2.84 bits per heavy atom. The van der Waals surface area contributed by atoms with Crippen LogP contribution >= 0.6 is 0 Å². The van der Waals surface area contributed by atoms with E-state index in [-0.39, 0.29) is 11.8 Å². The van der Waals surface area contributed by atoms with Gasteiger partial charge in [0.1, 0.15) is 24.8 Å². The summed E-state index contributed by atoms with van der Waals surface area (Å²) in [7, 11) is 0. The summed E-state index contributed by atoms with van der Waals surface area (Å²) in [4.78, 5) is 26.6. The molecule has 0 bridgehead atoms. The van der Waals surface area contributed by atoms with Crippen molar-refractivity contribution in [1.82, 2.24) is 39.8 Å². The Labute approximate surface area is 143 Å². The van der Waals surface area contributed by atoms with E-state index in [0.29, 0.717) is 32.0 Å². The van der Waals surface area contributed by atoms with Gasteiger partial charge in [-0.3, -0.25) is 9.48 Å². The van der Waals surface area contributed by atoms with Crippen LogP contribution in [0.1, 0.15) is 0 Å². The lowest BCUT2D eigenvalue weighted by atomic mass is 9.99. The lowest BCUT2D eigenvalue weighted by Gasteiger charge is -2.39. The maximum absolute atomic E-state index is 12.2. The second kappa shape index (κ2) is 6.67. The van der Waals surface area contributed by atoms with E-state index >= 15 is 0 Å². The average molecular weight is 339 g/mol. The fraction of sp³-hybridized carbons (Fsp3) is 0.333. The van der Waals surface area contributed by atoms with Crippen LogP contribution in [0.5, 0.6) is 0 Å². The highest BCUT2D eigenvalue weighted by Gasteiger charge is 2.33. The van der Waals surface area contributed by atoms with Gasteiger partial charge in [0.25, 0.3) is 0 Å². The molecule has 25 heavy (non-hydrogen) atoms. The first-order valence-electron chi connectivity index (χ1n) is 7.97. The normalized spacial score (nSPS) is 14.3. The van der Waals surface area contributed by atoms with Gasteiger partial charge < -0.3 is 10.2 Å². The molecule has 10 nitrogen and oxygen atoms in total. The second-order valence-electron chi connectivity index (χ2n) is 5.74.